The molecule has 56 heavy (non-hydrogen) atoms. The molecular formula is C39H67AcN3O13. The number of amides is 2. The topological polar surface area (TPSA) is 215 Å². The number of ether oxygens (including phenoxy) is 7. The van der Waals surface area contributed by atoms with Gasteiger partial charge in [-0.3, -0.25) is 9.59 Å². The van der Waals surface area contributed by atoms with Crippen LogP contribution < -0.4 is 11.1 Å². The molecule has 0 bridgehead atoms. The van der Waals surface area contributed by atoms with Crippen LogP contribution in [0.3, 0.4) is 0 Å². The molecule has 0 aromatic heterocycles. The number of rotatable bonds is 7. The van der Waals surface area contributed by atoms with Crippen molar-refractivity contribution in [2.45, 2.75) is 180 Å². The van der Waals surface area contributed by atoms with E-state index in [-0.39, 0.29) is 81.3 Å². The molecule has 16 nitrogen and oxygen atoms in total. The summed E-state index contributed by atoms with van der Waals surface area (Å²) in [6.45, 7) is 19.2. The van der Waals surface area contributed by atoms with Crippen LogP contribution in [0.15, 0.2) is 0 Å². The molecule has 17 heteroatoms. The monoisotopic (exact) mass is 1010 g/mol. The van der Waals surface area contributed by atoms with Crippen LogP contribution in [0.1, 0.15) is 102 Å². The van der Waals surface area contributed by atoms with Crippen LogP contribution >= 0.6 is 0 Å². The van der Waals surface area contributed by atoms with Crippen molar-refractivity contribution < 1.29 is 107 Å². The Balaban J connectivity index is 0.00000841. The number of Topliss-reactive ketones (excluding diaryl/α,β-unsaturated/α-hetero) is 1. The summed E-state index contributed by atoms with van der Waals surface area (Å²) in [5, 5.41) is 25.3. The Hall–Kier alpha value is -1.16. The van der Waals surface area contributed by atoms with Gasteiger partial charge in [0.2, 0.25) is 0 Å². The number of nitrogens with zero attached hydrogens (tertiary/aromatic N) is 1. The SMILES string of the molecule is CC[C@H]1OC(=O)[C@H](C)[C@@H](O[C@H]2CC(C)(C)[C@@H](O)[C@H](C)O2)[C@H](C)[C@@H](O[C@@H]2O[C@H](C)C[C@H](N(C)C)[C@H]2O)[C@](C)(OC(N)=O)C[C@@H](C)C(=O)[C@H](C)[C@H]2NC(=O)O[C@@]21C.[Ac]. The Morgan fingerprint density at radius 2 is 1.59 bits per heavy atom. The van der Waals surface area contributed by atoms with Gasteiger partial charge in [0, 0.05) is 74.3 Å². The second-order valence-electron chi connectivity index (χ2n) is 17.8. The molecule has 0 aliphatic carbocycles. The Labute approximate surface area is 367 Å². The number of nitrogens with two attached hydrogens (primary N) is 1. The van der Waals surface area contributed by atoms with E-state index in [4.69, 9.17) is 38.9 Å². The number of alkyl carbamates (subject to hydrolysis) is 1. The molecule has 4 aliphatic rings. The molecule has 319 valence electrons. The average Bonchev–Trinajstić information content (AvgIpc) is 3.39. The molecule has 0 saturated carbocycles. The molecule has 0 spiro atoms. The molecule has 17 atom stereocenters. The van der Waals surface area contributed by atoms with Crippen molar-refractivity contribution in [3.63, 3.8) is 0 Å². The smallest absolute Gasteiger partial charge is 0.408 e. The van der Waals surface area contributed by atoms with Crippen molar-refractivity contribution in [1.29, 1.82) is 0 Å². The van der Waals surface area contributed by atoms with Crippen molar-refractivity contribution in [3.8, 4) is 0 Å². The van der Waals surface area contributed by atoms with E-state index in [1.54, 1.807) is 55.4 Å². The molecule has 0 aromatic carbocycles. The van der Waals surface area contributed by atoms with Crippen molar-refractivity contribution in [2.75, 3.05) is 14.1 Å². The first-order chi connectivity index (χ1) is 25.4. The summed E-state index contributed by atoms with van der Waals surface area (Å²) in [4.78, 5) is 56.3. The number of aliphatic hydroxyl groups excluding tert-OH is 2. The van der Waals surface area contributed by atoms with Crippen molar-refractivity contribution in [1.82, 2.24) is 10.2 Å². The maximum atomic E-state index is 14.4. The molecule has 1 radical (unpaired) electrons. The minimum absolute atomic E-state index is 0. The Morgan fingerprint density at radius 3 is 2.14 bits per heavy atom. The van der Waals surface area contributed by atoms with Gasteiger partial charge in [-0.25, -0.2) is 9.59 Å². The zero-order valence-corrected chi connectivity index (χ0v) is 40.2. The van der Waals surface area contributed by atoms with E-state index in [1.807, 2.05) is 39.8 Å². The fraction of sp³-hybridized carbons (Fsp3) is 0.897. The van der Waals surface area contributed by atoms with Gasteiger partial charge in [-0.2, -0.15) is 0 Å². The molecule has 2 amide bonds. The standard InChI is InChI=1S/C39H67N3O13.Ac/c1-14-25-39(11)30(41-36(48)55-39)20(4)27(43)18(2)16-38(10,54-35(40)47)32(53-34-28(44)24(42(12)13)15-19(3)49-34)21(5)29(22(6)33(46)51-25)52-26-17-37(8,9)31(45)23(7)50-26;/h18-26,28-32,34,44-45H,14-17H2,1-13H3,(H2,40,47)(H,41,48);/t18-,19-,20+,21+,22-,23+,24+,25-,26+,28-,29+,30-,31+,32-,34+,38-,39-;/m1./s1. The van der Waals surface area contributed by atoms with E-state index in [0.717, 1.165) is 0 Å². The zero-order valence-electron chi connectivity index (χ0n) is 35.5. The summed E-state index contributed by atoms with van der Waals surface area (Å²) < 4.78 is 43.9. The molecule has 4 fully saturated rings. The molecule has 4 aliphatic heterocycles. The number of aliphatic hydroxyl groups is 2. The van der Waals surface area contributed by atoms with Crippen LogP contribution in [-0.2, 0) is 42.7 Å². The van der Waals surface area contributed by atoms with Gasteiger partial charge in [0.1, 0.15) is 29.7 Å². The van der Waals surface area contributed by atoms with E-state index in [9.17, 15) is 29.4 Å². The normalized spacial score (nSPS) is 45.0. The number of likely N-dealkylation sites (N-methyl/N-ethyl adjacent to an activating group) is 1. The number of nitrogens with one attached hydrogen (secondary N) is 1. The second-order valence-corrected chi connectivity index (χ2v) is 17.8. The van der Waals surface area contributed by atoms with Crippen molar-refractivity contribution in [3.05, 3.63) is 0 Å². The number of primary amides is 1. The quantitative estimate of drug-likeness (QED) is 0.213. The largest absolute Gasteiger partial charge is 0.458 e. The molecule has 0 unspecified atom stereocenters. The summed E-state index contributed by atoms with van der Waals surface area (Å²) in [7, 11) is 3.68. The number of carbonyl (C=O) groups is 4. The number of fused-ring (bicyclic) bond motifs is 1. The number of hydrogen-bond donors (Lipinski definition) is 4. The van der Waals surface area contributed by atoms with E-state index in [0.29, 0.717) is 6.42 Å². The summed E-state index contributed by atoms with van der Waals surface area (Å²) in [5.41, 5.74) is 2.02. The maximum absolute atomic E-state index is 14.4. The van der Waals surface area contributed by atoms with Gasteiger partial charge in [-0.15, -0.1) is 0 Å². The van der Waals surface area contributed by atoms with Crippen LogP contribution in [-0.4, -0.2) is 132 Å². The van der Waals surface area contributed by atoms with Gasteiger partial charge >= 0.3 is 18.2 Å². The summed E-state index contributed by atoms with van der Waals surface area (Å²) in [6.07, 6.45) is -9.26. The predicted molar refractivity (Wildman–Crippen MR) is 198 cm³/mol. The molecule has 0 aromatic rings. The minimum atomic E-state index is -1.69. The molecule has 4 rings (SSSR count). The van der Waals surface area contributed by atoms with Gasteiger partial charge in [0.15, 0.2) is 18.2 Å². The predicted octanol–water partition coefficient (Wildman–Crippen LogP) is 3.26. The summed E-state index contributed by atoms with van der Waals surface area (Å²) in [6, 6.07) is -1.24. The van der Waals surface area contributed by atoms with Crippen LogP contribution in [0.5, 0.6) is 0 Å². The van der Waals surface area contributed by atoms with E-state index < -0.39 is 114 Å². The first-order valence-electron chi connectivity index (χ1n) is 19.7. The van der Waals surface area contributed by atoms with Gasteiger partial charge in [0.25, 0.3) is 0 Å². The van der Waals surface area contributed by atoms with Gasteiger partial charge in [-0.05, 0) is 73.4 Å². The summed E-state index contributed by atoms with van der Waals surface area (Å²) in [5.74, 6) is -4.53. The van der Waals surface area contributed by atoms with E-state index in [2.05, 4.69) is 5.32 Å². The first kappa shape index (κ1) is 49.2. The number of esters is 1. The van der Waals surface area contributed by atoms with E-state index >= 15 is 0 Å². The fourth-order valence-electron chi connectivity index (χ4n) is 9.50. The maximum Gasteiger partial charge on any atom is 0.408 e. The third-order valence-corrected chi connectivity index (χ3v) is 12.6. The number of cyclic esters (lactones) is 1. The number of carbonyl (C=O) groups excluding carboxylic acids is 4. The van der Waals surface area contributed by atoms with E-state index in [1.165, 1.54) is 0 Å². The third-order valence-electron chi connectivity index (χ3n) is 12.6. The van der Waals surface area contributed by atoms with Crippen LogP contribution in [0, 0.1) is 73.1 Å². The van der Waals surface area contributed by atoms with Crippen molar-refractivity contribution in [2.24, 2.45) is 34.8 Å². The van der Waals surface area contributed by atoms with Crippen LogP contribution in [0.4, 0.5) is 9.59 Å². The zero-order chi connectivity index (χ0) is 41.5. The van der Waals surface area contributed by atoms with Crippen LogP contribution in [0.2, 0.25) is 0 Å². The minimum Gasteiger partial charge on any atom is -0.458 e. The number of hydrogen-bond acceptors (Lipinski definition) is 14. The average molecular weight is 1010 g/mol. The van der Waals surface area contributed by atoms with Gasteiger partial charge in [-0.1, -0.05) is 41.5 Å². The summed E-state index contributed by atoms with van der Waals surface area (Å²) >= 11 is 0. The second kappa shape index (κ2) is 19.0. The molecule has 4 saturated heterocycles. The van der Waals surface area contributed by atoms with Gasteiger partial charge in [0.05, 0.1) is 36.4 Å². The Morgan fingerprint density at radius 1 is 0.964 bits per heavy atom. The van der Waals surface area contributed by atoms with Crippen LogP contribution in [0.25, 0.3) is 0 Å². The fourth-order valence-corrected chi connectivity index (χ4v) is 9.50. The Kier molecular flexibility index (Phi) is 16.7. The van der Waals surface area contributed by atoms with Gasteiger partial charge < -0.3 is 59.3 Å². The number of ketones is 1. The molecule has 4 heterocycles. The Bertz CT molecular complexity index is 1410. The first-order valence-corrected chi connectivity index (χ1v) is 19.7. The molecule has 5 N–H and O–H groups in total. The third kappa shape index (κ3) is 10.4. The molecular weight excluding hydrogens is 945 g/mol. The van der Waals surface area contributed by atoms with Crippen molar-refractivity contribution >= 4 is 23.9 Å².